The molecule has 0 spiro atoms. The zero-order valence-electron chi connectivity index (χ0n) is 11.5. The summed E-state index contributed by atoms with van der Waals surface area (Å²) in [4.78, 5) is 14.2. The van der Waals surface area contributed by atoms with Gasteiger partial charge in [0.05, 0.1) is 26.0 Å². The second-order valence-corrected chi connectivity index (χ2v) is 4.29. The number of nitrogens with zero attached hydrogens (tertiary/aromatic N) is 6. The molecule has 114 valence electrons. The molecule has 0 N–H and O–H groups in total. The molecule has 2 aromatic rings. The summed E-state index contributed by atoms with van der Waals surface area (Å²) in [5.74, 6) is 0.490. The van der Waals surface area contributed by atoms with Gasteiger partial charge >= 0.3 is 5.82 Å². The summed E-state index contributed by atoms with van der Waals surface area (Å²) in [6.45, 7) is 2.15. The molecule has 21 heavy (non-hydrogen) atoms. The monoisotopic (exact) mass is 297 g/mol. The lowest BCUT2D eigenvalue weighted by Gasteiger charge is -2.03. The largest absolute Gasteiger partial charge is 0.371 e. The van der Waals surface area contributed by atoms with E-state index in [1.165, 1.54) is 15.4 Å². The van der Waals surface area contributed by atoms with Crippen LogP contribution in [-0.4, -0.2) is 42.7 Å². The van der Waals surface area contributed by atoms with E-state index >= 15 is 0 Å². The topological polar surface area (TPSA) is 101 Å². The number of ether oxygens (including phenoxy) is 1. The van der Waals surface area contributed by atoms with Gasteiger partial charge in [-0.25, -0.2) is 18.6 Å². The van der Waals surface area contributed by atoms with E-state index in [9.17, 15) is 14.5 Å². The molecule has 0 fully saturated rings. The number of hydrogen-bond donors (Lipinski definition) is 0. The molecule has 0 bridgehead atoms. The van der Waals surface area contributed by atoms with Crippen molar-refractivity contribution in [2.75, 3.05) is 13.3 Å². The van der Waals surface area contributed by atoms with Crippen LogP contribution in [0.2, 0.25) is 0 Å². The molecule has 2 aromatic heterocycles. The third-order valence-electron chi connectivity index (χ3n) is 2.83. The van der Waals surface area contributed by atoms with Crippen molar-refractivity contribution in [3.8, 4) is 0 Å². The predicted molar refractivity (Wildman–Crippen MR) is 69.3 cm³/mol. The van der Waals surface area contributed by atoms with Crippen LogP contribution in [0.1, 0.15) is 11.5 Å². The van der Waals surface area contributed by atoms with Gasteiger partial charge < -0.3 is 14.9 Å². The number of aromatic nitrogens is 5. The van der Waals surface area contributed by atoms with Gasteiger partial charge in [0, 0.05) is 6.92 Å². The van der Waals surface area contributed by atoms with Gasteiger partial charge in [-0.3, -0.25) is 0 Å². The van der Waals surface area contributed by atoms with E-state index in [1.54, 1.807) is 13.1 Å². The number of halogens is 1. The van der Waals surface area contributed by atoms with E-state index in [0.717, 1.165) is 0 Å². The van der Waals surface area contributed by atoms with E-state index < -0.39 is 11.6 Å². The van der Waals surface area contributed by atoms with Gasteiger partial charge in [0.25, 0.3) is 0 Å². The summed E-state index contributed by atoms with van der Waals surface area (Å²) >= 11 is 0. The molecule has 0 aliphatic carbocycles. The summed E-state index contributed by atoms with van der Waals surface area (Å²) < 4.78 is 20.4. The average molecular weight is 297 g/mol. The minimum atomic E-state index is -0.507. The Kier molecular flexibility index (Phi) is 4.93. The number of alkyl halides is 1. The smallest absolute Gasteiger partial charge is 0.342 e. The Morgan fingerprint density at radius 3 is 3.00 bits per heavy atom. The fraction of sp³-hybridized carbons (Fsp3) is 0.545. The van der Waals surface area contributed by atoms with Crippen molar-refractivity contribution in [2.24, 2.45) is 0 Å². The fourth-order valence-corrected chi connectivity index (χ4v) is 1.81. The number of rotatable bonds is 8. The molecule has 10 heteroatoms. The number of hydrogen-bond acceptors (Lipinski definition) is 6. The molecule has 0 saturated heterocycles. The minimum absolute atomic E-state index is 0.0648. The molecule has 0 aliphatic heterocycles. The summed E-state index contributed by atoms with van der Waals surface area (Å²) in [7, 11) is 0. The second kappa shape index (κ2) is 6.88. The van der Waals surface area contributed by atoms with Gasteiger partial charge in [-0.1, -0.05) is 5.21 Å². The van der Waals surface area contributed by atoms with Crippen molar-refractivity contribution < 1.29 is 14.1 Å². The van der Waals surface area contributed by atoms with Crippen LogP contribution in [0.4, 0.5) is 10.2 Å². The molecule has 0 aliphatic rings. The lowest BCUT2D eigenvalue weighted by atomic mass is 10.5. The number of aryl methyl sites for hydroxylation is 2. The Hall–Kier alpha value is -2.36. The third-order valence-corrected chi connectivity index (χ3v) is 2.83. The van der Waals surface area contributed by atoms with Crippen molar-refractivity contribution in [3.05, 3.63) is 34.0 Å². The first kappa shape index (κ1) is 15.0. The Labute approximate surface area is 119 Å². The maximum absolute atomic E-state index is 12.1. The zero-order chi connectivity index (χ0) is 15.2. The van der Waals surface area contributed by atoms with Crippen LogP contribution >= 0.6 is 0 Å². The highest BCUT2D eigenvalue weighted by Gasteiger charge is 2.16. The number of imidazole rings is 1. The molecule has 2 rings (SSSR count). The highest BCUT2D eigenvalue weighted by molar-refractivity contribution is 5.18. The maximum Gasteiger partial charge on any atom is 0.342 e. The van der Waals surface area contributed by atoms with Gasteiger partial charge in [-0.2, -0.15) is 0 Å². The summed E-state index contributed by atoms with van der Waals surface area (Å²) in [6.07, 6.45) is 2.82. The Morgan fingerprint density at radius 2 is 2.29 bits per heavy atom. The first-order valence-corrected chi connectivity index (χ1v) is 6.31. The van der Waals surface area contributed by atoms with Crippen molar-refractivity contribution in [2.45, 2.75) is 26.6 Å². The van der Waals surface area contributed by atoms with Crippen molar-refractivity contribution >= 4 is 5.82 Å². The first-order valence-electron chi connectivity index (χ1n) is 6.31. The van der Waals surface area contributed by atoms with E-state index in [1.807, 2.05) is 0 Å². The molecule has 2 heterocycles. The molecular formula is C11H15FN6O3. The standard InChI is InChI=1S/C11H15FN6O3/c1-9-13-6-11(18(19)20)17(9)4-5-21-8-10-7-16(3-2-12)15-14-10/h6-7H,2-5,8H2,1H3/i12-1. The second-order valence-electron chi connectivity index (χ2n) is 4.29. The Bertz CT molecular complexity index is 611. The van der Waals surface area contributed by atoms with Crippen molar-refractivity contribution in [1.82, 2.24) is 24.5 Å². The van der Waals surface area contributed by atoms with E-state index in [2.05, 4.69) is 15.3 Å². The van der Waals surface area contributed by atoms with Crippen LogP contribution < -0.4 is 0 Å². The van der Waals surface area contributed by atoms with E-state index in [4.69, 9.17) is 4.74 Å². The first-order chi connectivity index (χ1) is 10.1. The average Bonchev–Trinajstić information content (AvgIpc) is 3.03. The SMILES string of the molecule is Cc1ncc([N+](=O)[O-])n1CCOCc1cn(CC[18F])nn1. The fourth-order valence-electron chi connectivity index (χ4n) is 1.81. The van der Waals surface area contributed by atoms with Gasteiger partial charge in [0.2, 0.25) is 0 Å². The highest BCUT2D eigenvalue weighted by Crippen LogP contribution is 2.13. The predicted octanol–water partition coefficient (Wildman–Crippen LogP) is 0.878. The van der Waals surface area contributed by atoms with Crippen LogP contribution in [0.25, 0.3) is 0 Å². The molecule has 0 radical (unpaired) electrons. The van der Waals surface area contributed by atoms with Gasteiger partial charge in [0.15, 0.2) is 5.82 Å². The zero-order valence-corrected chi connectivity index (χ0v) is 11.5. The summed E-state index contributed by atoms with van der Waals surface area (Å²) in [5.41, 5.74) is 0.584. The Morgan fingerprint density at radius 1 is 1.48 bits per heavy atom. The normalized spacial score (nSPS) is 11.0. The van der Waals surface area contributed by atoms with Crippen LogP contribution in [0.15, 0.2) is 12.4 Å². The van der Waals surface area contributed by atoms with Crippen LogP contribution in [0.3, 0.4) is 0 Å². The molecule has 0 atom stereocenters. The van der Waals surface area contributed by atoms with Crippen molar-refractivity contribution in [1.29, 1.82) is 0 Å². The lowest BCUT2D eigenvalue weighted by molar-refractivity contribution is -0.392. The third kappa shape index (κ3) is 3.81. The molecule has 0 amide bonds. The molecular weight excluding hydrogens is 282 g/mol. The molecule has 9 nitrogen and oxygen atoms in total. The molecule has 0 saturated carbocycles. The van der Waals surface area contributed by atoms with E-state index in [-0.39, 0.29) is 25.6 Å². The van der Waals surface area contributed by atoms with Gasteiger partial charge in [0.1, 0.15) is 25.1 Å². The molecule has 0 aromatic carbocycles. The maximum atomic E-state index is 12.1. The summed E-state index contributed by atoms with van der Waals surface area (Å²) in [5, 5.41) is 18.4. The van der Waals surface area contributed by atoms with E-state index in [0.29, 0.717) is 18.1 Å². The Balaban J connectivity index is 1.81. The van der Waals surface area contributed by atoms with Gasteiger partial charge in [-0.05, 0) is 4.92 Å². The van der Waals surface area contributed by atoms with Gasteiger partial charge in [-0.15, -0.1) is 5.10 Å². The van der Waals surface area contributed by atoms with Crippen LogP contribution in [-0.2, 0) is 24.4 Å². The van der Waals surface area contributed by atoms with Crippen LogP contribution in [0, 0.1) is 17.0 Å². The van der Waals surface area contributed by atoms with Crippen LogP contribution in [0.5, 0.6) is 0 Å². The highest BCUT2D eigenvalue weighted by atomic mass is 18.2. The minimum Gasteiger partial charge on any atom is -0.371 e. The molecule has 0 unspecified atom stereocenters. The number of nitro groups is 1. The quantitative estimate of drug-likeness (QED) is 0.407. The lowest BCUT2D eigenvalue weighted by Crippen LogP contribution is -2.10. The summed E-state index contributed by atoms with van der Waals surface area (Å²) in [6, 6.07) is 0. The van der Waals surface area contributed by atoms with Crippen molar-refractivity contribution in [3.63, 3.8) is 0 Å².